The fourth-order valence-corrected chi connectivity index (χ4v) is 5.97. The van der Waals surface area contributed by atoms with Crippen molar-refractivity contribution in [2.24, 2.45) is 5.92 Å². The highest BCUT2D eigenvalue weighted by Crippen LogP contribution is 2.28. The SMILES string of the molecule is O=C(Nc1ncccc1OCc1ccncc1)C1CCN(S(=O)(=O)c2cccs2)CC1. The number of thiophene rings is 1. The topological polar surface area (TPSA) is 101 Å². The van der Waals surface area contributed by atoms with Gasteiger partial charge in [0, 0.05) is 37.6 Å². The van der Waals surface area contributed by atoms with Crippen LogP contribution in [0.5, 0.6) is 5.75 Å². The molecule has 31 heavy (non-hydrogen) atoms. The van der Waals surface area contributed by atoms with Gasteiger partial charge < -0.3 is 10.1 Å². The maximum Gasteiger partial charge on any atom is 0.252 e. The number of nitrogens with one attached hydrogen (secondary N) is 1. The third-order valence-electron chi connectivity index (χ3n) is 5.07. The first-order valence-corrected chi connectivity index (χ1v) is 12.2. The van der Waals surface area contributed by atoms with E-state index in [1.165, 1.54) is 15.6 Å². The Bertz CT molecular complexity index is 1110. The molecule has 3 aromatic heterocycles. The van der Waals surface area contributed by atoms with Crippen LogP contribution < -0.4 is 10.1 Å². The average molecular weight is 459 g/mol. The van der Waals surface area contributed by atoms with Crippen molar-refractivity contribution in [3.63, 3.8) is 0 Å². The van der Waals surface area contributed by atoms with Gasteiger partial charge in [0.1, 0.15) is 10.8 Å². The van der Waals surface area contributed by atoms with Crippen molar-refractivity contribution < 1.29 is 17.9 Å². The summed E-state index contributed by atoms with van der Waals surface area (Å²) in [5, 5.41) is 4.59. The fourth-order valence-electron chi connectivity index (χ4n) is 3.36. The van der Waals surface area contributed by atoms with Crippen molar-refractivity contribution >= 4 is 33.1 Å². The molecule has 1 saturated heterocycles. The molecule has 162 valence electrons. The molecule has 0 saturated carbocycles. The Morgan fingerprint density at radius 1 is 1.13 bits per heavy atom. The van der Waals surface area contributed by atoms with Crippen molar-refractivity contribution in [3.05, 3.63) is 65.9 Å². The van der Waals surface area contributed by atoms with Gasteiger partial charge in [-0.15, -0.1) is 11.3 Å². The lowest BCUT2D eigenvalue weighted by molar-refractivity contribution is -0.120. The van der Waals surface area contributed by atoms with Gasteiger partial charge in [0.25, 0.3) is 10.0 Å². The molecule has 4 heterocycles. The molecule has 0 unspecified atom stereocenters. The van der Waals surface area contributed by atoms with Crippen LogP contribution in [0.4, 0.5) is 5.82 Å². The van der Waals surface area contributed by atoms with E-state index in [2.05, 4.69) is 15.3 Å². The number of pyridine rings is 2. The third-order valence-corrected chi connectivity index (χ3v) is 8.34. The van der Waals surface area contributed by atoms with Crippen molar-refractivity contribution in [1.29, 1.82) is 0 Å². The van der Waals surface area contributed by atoms with Gasteiger partial charge in [-0.2, -0.15) is 4.31 Å². The standard InChI is InChI=1S/C21H22N4O4S2/c26-21(17-7-12-25(13-8-17)31(27,28)19-4-2-14-30-19)24-20-18(3-1-9-23-20)29-15-16-5-10-22-11-6-16/h1-6,9-11,14,17H,7-8,12-13,15H2,(H,23,24,26). The first-order valence-electron chi connectivity index (χ1n) is 9.85. The number of carbonyl (C=O) groups excluding carboxylic acids is 1. The molecule has 0 aliphatic carbocycles. The van der Waals surface area contributed by atoms with E-state index in [0.29, 0.717) is 48.3 Å². The summed E-state index contributed by atoms with van der Waals surface area (Å²) in [7, 11) is -3.48. The number of amides is 1. The molecule has 1 fully saturated rings. The van der Waals surface area contributed by atoms with E-state index < -0.39 is 10.0 Å². The Balaban J connectivity index is 1.35. The van der Waals surface area contributed by atoms with E-state index in [4.69, 9.17) is 4.74 Å². The van der Waals surface area contributed by atoms with Crippen LogP contribution in [-0.4, -0.2) is 41.7 Å². The molecule has 0 aromatic carbocycles. The van der Waals surface area contributed by atoms with Gasteiger partial charge in [0.05, 0.1) is 0 Å². The second-order valence-electron chi connectivity index (χ2n) is 7.09. The average Bonchev–Trinajstić information content (AvgIpc) is 3.35. The molecule has 1 N–H and O–H groups in total. The molecule has 0 spiro atoms. The largest absolute Gasteiger partial charge is 0.485 e. The van der Waals surface area contributed by atoms with E-state index in [1.54, 1.807) is 48.2 Å². The molecule has 4 rings (SSSR count). The molecule has 3 aromatic rings. The maximum absolute atomic E-state index is 12.8. The van der Waals surface area contributed by atoms with Crippen LogP contribution >= 0.6 is 11.3 Å². The number of rotatable bonds is 7. The Labute approximate surface area is 185 Å². The summed E-state index contributed by atoms with van der Waals surface area (Å²) in [6, 6.07) is 10.5. The predicted octanol–water partition coefficient (Wildman–Crippen LogP) is 3.16. The van der Waals surface area contributed by atoms with Gasteiger partial charge in [0.15, 0.2) is 11.6 Å². The van der Waals surface area contributed by atoms with E-state index >= 15 is 0 Å². The molecule has 0 bridgehead atoms. The first kappa shape index (κ1) is 21.4. The summed E-state index contributed by atoms with van der Waals surface area (Å²) < 4.78 is 32.9. The van der Waals surface area contributed by atoms with Crippen LogP contribution in [0.3, 0.4) is 0 Å². The Morgan fingerprint density at radius 2 is 1.90 bits per heavy atom. The molecule has 0 radical (unpaired) electrons. The number of nitrogens with zero attached hydrogens (tertiary/aromatic N) is 3. The maximum atomic E-state index is 12.8. The highest BCUT2D eigenvalue weighted by Gasteiger charge is 2.32. The van der Waals surface area contributed by atoms with Crippen molar-refractivity contribution in [2.75, 3.05) is 18.4 Å². The van der Waals surface area contributed by atoms with E-state index in [-0.39, 0.29) is 11.8 Å². The summed E-state index contributed by atoms with van der Waals surface area (Å²) in [4.78, 5) is 21.0. The molecule has 1 aliphatic heterocycles. The zero-order valence-corrected chi connectivity index (χ0v) is 18.3. The van der Waals surface area contributed by atoms with Crippen LogP contribution in [0.15, 0.2) is 64.6 Å². The van der Waals surface area contributed by atoms with Crippen LogP contribution in [0.2, 0.25) is 0 Å². The smallest absolute Gasteiger partial charge is 0.252 e. The number of ether oxygens (including phenoxy) is 1. The summed E-state index contributed by atoms with van der Waals surface area (Å²) in [5.41, 5.74) is 0.954. The lowest BCUT2D eigenvalue weighted by Gasteiger charge is -2.30. The van der Waals surface area contributed by atoms with Crippen molar-refractivity contribution in [3.8, 4) is 5.75 Å². The Kier molecular flexibility index (Phi) is 6.59. The molecular formula is C21H22N4O4S2. The predicted molar refractivity (Wildman–Crippen MR) is 117 cm³/mol. The molecule has 0 atom stereocenters. The summed E-state index contributed by atoms with van der Waals surface area (Å²) in [6.07, 6.45) is 5.88. The number of hydrogen-bond donors (Lipinski definition) is 1. The first-order chi connectivity index (χ1) is 15.0. The minimum atomic E-state index is -3.48. The molecule has 1 aliphatic rings. The zero-order valence-electron chi connectivity index (χ0n) is 16.7. The summed E-state index contributed by atoms with van der Waals surface area (Å²) in [6.45, 7) is 0.952. The number of piperidine rings is 1. The number of sulfonamides is 1. The van der Waals surface area contributed by atoms with Crippen LogP contribution in [0.25, 0.3) is 0 Å². The van der Waals surface area contributed by atoms with Gasteiger partial charge in [-0.3, -0.25) is 9.78 Å². The summed E-state index contributed by atoms with van der Waals surface area (Å²) >= 11 is 1.20. The Hall–Kier alpha value is -2.82. The molecule has 10 heteroatoms. The second-order valence-corrected chi connectivity index (χ2v) is 10.2. The van der Waals surface area contributed by atoms with Crippen molar-refractivity contribution in [2.45, 2.75) is 23.7 Å². The third kappa shape index (κ3) is 5.09. The van der Waals surface area contributed by atoms with Gasteiger partial charge in [-0.25, -0.2) is 13.4 Å². The molecule has 1 amide bonds. The normalized spacial score (nSPS) is 15.5. The highest BCUT2D eigenvalue weighted by atomic mass is 32.2. The lowest BCUT2D eigenvalue weighted by atomic mass is 9.97. The minimum absolute atomic E-state index is 0.180. The van der Waals surface area contributed by atoms with E-state index in [1.807, 2.05) is 12.1 Å². The van der Waals surface area contributed by atoms with Crippen LogP contribution in [-0.2, 0) is 21.4 Å². The van der Waals surface area contributed by atoms with Gasteiger partial charge in [-0.1, -0.05) is 6.07 Å². The quantitative estimate of drug-likeness (QED) is 0.584. The zero-order chi connectivity index (χ0) is 21.7. The van der Waals surface area contributed by atoms with Gasteiger partial charge >= 0.3 is 0 Å². The molecule has 8 nitrogen and oxygen atoms in total. The Morgan fingerprint density at radius 3 is 2.61 bits per heavy atom. The number of aromatic nitrogens is 2. The van der Waals surface area contributed by atoms with Gasteiger partial charge in [-0.05, 0) is 54.1 Å². The van der Waals surface area contributed by atoms with Gasteiger partial charge in [0.2, 0.25) is 5.91 Å². The van der Waals surface area contributed by atoms with E-state index in [9.17, 15) is 13.2 Å². The van der Waals surface area contributed by atoms with Crippen LogP contribution in [0.1, 0.15) is 18.4 Å². The number of anilines is 1. The monoisotopic (exact) mass is 458 g/mol. The number of hydrogen-bond acceptors (Lipinski definition) is 7. The lowest BCUT2D eigenvalue weighted by Crippen LogP contribution is -2.41. The summed E-state index contributed by atoms with van der Waals surface area (Å²) in [5.74, 6) is 0.367. The minimum Gasteiger partial charge on any atom is -0.485 e. The molecular weight excluding hydrogens is 436 g/mol. The highest BCUT2D eigenvalue weighted by molar-refractivity contribution is 7.91. The number of carbonyl (C=O) groups is 1. The second kappa shape index (κ2) is 9.54. The van der Waals surface area contributed by atoms with Crippen LogP contribution in [0, 0.1) is 5.92 Å². The van der Waals surface area contributed by atoms with E-state index in [0.717, 1.165) is 5.56 Å². The van der Waals surface area contributed by atoms with Crippen molar-refractivity contribution in [1.82, 2.24) is 14.3 Å². The fraction of sp³-hybridized carbons (Fsp3) is 0.286.